The van der Waals surface area contributed by atoms with Crippen LogP contribution in [0.15, 0.2) is 59.2 Å². The molecule has 0 unspecified atom stereocenters. The predicted molar refractivity (Wildman–Crippen MR) is 141 cm³/mol. The van der Waals surface area contributed by atoms with E-state index < -0.39 is 5.91 Å². The highest BCUT2D eigenvalue weighted by atomic mass is 79.9. The molecule has 1 heterocycles. The SMILES string of the molecule is CCOc1ccc(C(=O)CNC(=O)c2ccc(OCCOCc3ccc(OC)cc3)c(OC)c2)nc1Br. The molecule has 0 aliphatic carbocycles. The number of methoxy groups -OCH3 is 2. The Labute approximate surface area is 224 Å². The number of Topliss-reactive ketones (excluding diaryl/α,β-unsaturated/α-hetero) is 1. The summed E-state index contributed by atoms with van der Waals surface area (Å²) in [6.45, 7) is 3.25. The van der Waals surface area contributed by atoms with Crippen LogP contribution in [0.1, 0.15) is 33.3 Å². The largest absolute Gasteiger partial charge is 0.497 e. The standard InChI is InChI=1S/C27H29BrN2O7/c1-4-36-24-12-10-21(30-26(24)28)22(31)16-29-27(32)19-7-11-23(25(15-19)34-3)37-14-13-35-17-18-5-8-20(33-2)9-6-18/h5-12,15H,4,13-14,16-17H2,1-3H3,(H,29,32). The van der Waals surface area contributed by atoms with E-state index in [9.17, 15) is 9.59 Å². The third-order valence-corrected chi connectivity index (χ3v) is 5.72. The van der Waals surface area contributed by atoms with Crippen LogP contribution in [0.5, 0.6) is 23.0 Å². The summed E-state index contributed by atoms with van der Waals surface area (Å²) in [4.78, 5) is 29.3. The Morgan fingerprint density at radius 1 is 0.892 bits per heavy atom. The summed E-state index contributed by atoms with van der Waals surface area (Å²) in [7, 11) is 3.11. The molecule has 3 rings (SSSR count). The zero-order valence-electron chi connectivity index (χ0n) is 20.9. The lowest BCUT2D eigenvalue weighted by molar-refractivity contribution is 0.0877. The summed E-state index contributed by atoms with van der Waals surface area (Å²) in [6.07, 6.45) is 0. The molecule has 9 nitrogen and oxygen atoms in total. The lowest BCUT2D eigenvalue weighted by Crippen LogP contribution is -2.30. The first kappa shape index (κ1) is 27.9. The summed E-state index contributed by atoms with van der Waals surface area (Å²) >= 11 is 3.28. The Kier molecular flexibility index (Phi) is 10.7. The van der Waals surface area contributed by atoms with Gasteiger partial charge in [-0.1, -0.05) is 12.1 Å². The Bertz CT molecular complexity index is 1200. The van der Waals surface area contributed by atoms with E-state index in [0.717, 1.165) is 11.3 Å². The maximum atomic E-state index is 12.6. The average Bonchev–Trinajstić information content (AvgIpc) is 2.92. The molecule has 0 saturated carbocycles. The lowest BCUT2D eigenvalue weighted by atomic mass is 10.1. The third-order valence-electron chi connectivity index (χ3n) is 5.15. The first-order valence-corrected chi connectivity index (χ1v) is 12.4. The third kappa shape index (κ3) is 8.19. The minimum absolute atomic E-state index is 0.210. The number of amides is 1. The zero-order chi connectivity index (χ0) is 26.6. The molecule has 0 radical (unpaired) electrons. The highest BCUT2D eigenvalue weighted by molar-refractivity contribution is 9.10. The number of pyridine rings is 1. The number of aromatic nitrogens is 1. The maximum Gasteiger partial charge on any atom is 0.251 e. The number of halogens is 1. The van der Waals surface area contributed by atoms with Crippen molar-refractivity contribution in [2.24, 2.45) is 0 Å². The summed E-state index contributed by atoms with van der Waals surface area (Å²) in [5.41, 5.74) is 1.57. The Balaban J connectivity index is 1.47. The van der Waals surface area contributed by atoms with E-state index in [-0.39, 0.29) is 18.0 Å². The molecule has 0 saturated heterocycles. The minimum Gasteiger partial charge on any atom is -0.497 e. The highest BCUT2D eigenvalue weighted by Gasteiger charge is 2.15. The minimum atomic E-state index is -0.425. The van der Waals surface area contributed by atoms with E-state index in [2.05, 4.69) is 26.2 Å². The molecule has 0 aliphatic heterocycles. The second-order valence-corrected chi connectivity index (χ2v) is 8.39. The zero-order valence-corrected chi connectivity index (χ0v) is 22.5. The van der Waals surface area contributed by atoms with Crippen molar-refractivity contribution < 1.29 is 33.3 Å². The molecule has 0 spiro atoms. The van der Waals surface area contributed by atoms with Gasteiger partial charge in [-0.05, 0) is 70.9 Å². The van der Waals surface area contributed by atoms with Crippen LogP contribution in [0, 0.1) is 0 Å². The smallest absolute Gasteiger partial charge is 0.251 e. The van der Waals surface area contributed by atoms with Gasteiger partial charge >= 0.3 is 0 Å². The van der Waals surface area contributed by atoms with E-state index in [4.69, 9.17) is 23.7 Å². The molecule has 0 fully saturated rings. The topological polar surface area (TPSA) is 105 Å². The molecule has 37 heavy (non-hydrogen) atoms. The maximum absolute atomic E-state index is 12.6. The summed E-state index contributed by atoms with van der Waals surface area (Å²) in [6, 6.07) is 15.6. The van der Waals surface area contributed by atoms with Gasteiger partial charge in [-0.3, -0.25) is 9.59 Å². The van der Waals surface area contributed by atoms with Crippen LogP contribution in [0.4, 0.5) is 0 Å². The number of rotatable bonds is 14. The van der Waals surface area contributed by atoms with Crippen LogP contribution in [0.2, 0.25) is 0 Å². The molecule has 2 aromatic carbocycles. The normalized spacial score (nSPS) is 10.5. The van der Waals surface area contributed by atoms with Gasteiger partial charge in [-0.25, -0.2) is 4.98 Å². The summed E-state index contributed by atoms with van der Waals surface area (Å²) < 4.78 is 27.7. The van der Waals surface area contributed by atoms with Crippen LogP contribution in [-0.4, -0.2) is 57.3 Å². The number of ketones is 1. The van der Waals surface area contributed by atoms with Gasteiger partial charge in [-0.2, -0.15) is 0 Å². The molecule has 1 amide bonds. The number of hydrogen-bond acceptors (Lipinski definition) is 8. The average molecular weight is 573 g/mol. The molecule has 3 aromatic rings. The molecular weight excluding hydrogens is 544 g/mol. The van der Waals surface area contributed by atoms with Crippen LogP contribution < -0.4 is 24.3 Å². The van der Waals surface area contributed by atoms with Crippen molar-refractivity contribution >= 4 is 27.6 Å². The molecule has 196 valence electrons. The van der Waals surface area contributed by atoms with Crippen molar-refractivity contribution in [3.8, 4) is 23.0 Å². The van der Waals surface area contributed by atoms with Crippen LogP contribution in [-0.2, 0) is 11.3 Å². The van der Waals surface area contributed by atoms with E-state index in [1.54, 1.807) is 37.4 Å². The quantitative estimate of drug-likeness (QED) is 0.171. The molecule has 1 aromatic heterocycles. The second kappa shape index (κ2) is 14.2. The molecule has 0 aliphatic rings. The van der Waals surface area contributed by atoms with Gasteiger partial charge in [0.15, 0.2) is 23.0 Å². The first-order chi connectivity index (χ1) is 17.9. The van der Waals surface area contributed by atoms with Gasteiger partial charge in [-0.15, -0.1) is 0 Å². The molecule has 10 heteroatoms. The van der Waals surface area contributed by atoms with Gasteiger partial charge in [0.2, 0.25) is 0 Å². The lowest BCUT2D eigenvalue weighted by Gasteiger charge is -2.13. The van der Waals surface area contributed by atoms with Crippen molar-refractivity contribution in [1.29, 1.82) is 0 Å². The van der Waals surface area contributed by atoms with E-state index in [1.165, 1.54) is 7.11 Å². The number of carbonyl (C=O) groups is 2. The molecular formula is C27H29BrN2O7. The van der Waals surface area contributed by atoms with E-state index >= 15 is 0 Å². The summed E-state index contributed by atoms with van der Waals surface area (Å²) in [5, 5.41) is 2.61. The molecule has 0 bridgehead atoms. The van der Waals surface area contributed by atoms with Crippen LogP contribution >= 0.6 is 15.9 Å². The number of carbonyl (C=O) groups excluding carboxylic acids is 2. The van der Waals surface area contributed by atoms with Gasteiger partial charge < -0.3 is 29.0 Å². The predicted octanol–water partition coefficient (Wildman–Crippen LogP) is 4.47. The van der Waals surface area contributed by atoms with Crippen molar-refractivity contribution in [2.75, 3.05) is 40.6 Å². The van der Waals surface area contributed by atoms with Crippen molar-refractivity contribution in [3.05, 3.63) is 76.0 Å². The van der Waals surface area contributed by atoms with Gasteiger partial charge in [0.05, 0.1) is 40.6 Å². The van der Waals surface area contributed by atoms with Gasteiger partial charge in [0, 0.05) is 5.56 Å². The van der Waals surface area contributed by atoms with Gasteiger partial charge in [0.25, 0.3) is 5.91 Å². The molecule has 0 atom stereocenters. The van der Waals surface area contributed by atoms with Gasteiger partial charge in [0.1, 0.15) is 22.7 Å². The highest BCUT2D eigenvalue weighted by Crippen LogP contribution is 2.28. The fraction of sp³-hybridized carbons (Fsp3) is 0.296. The summed E-state index contributed by atoms with van der Waals surface area (Å²) in [5.74, 6) is 1.45. The number of ether oxygens (including phenoxy) is 5. The Morgan fingerprint density at radius 2 is 1.65 bits per heavy atom. The van der Waals surface area contributed by atoms with Crippen LogP contribution in [0.25, 0.3) is 0 Å². The number of benzene rings is 2. The van der Waals surface area contributed by atoms with Crippen molar-refractivity contribution in [1.82, 2.24) is 10.3 Å². The first-order valence-electron chi connectivity index (χ1n) is 11.6. The van der Waals surface area contributed by atoms with E-state index in [0.29, 0.717) is 53.8 Å². The second-order valence-electron chi connectivity index (χ2n) is 7.64. The van der Waals surface area contributed by atoms with Crippen molar-refractivity contribution in [2.45, 2.75) is 13.5 Å². The number of hydrogen-bond donors (Lipinski definition) is 1. The van der Waals surface area contributed by atoms with E-state index in [1.807, 2.05) is 31.2 Å². The monoisotopic (exact) mass is 572 g/mol. The Hall–Kier alpha value is -3.63. The van der Waals surface area contributed by atoms with Crippen molar-refractivity contribution in [3.63, 3.8) is 0 Å². The number of nitrogens with zero attached hydrogens (tertiary/aromatic N) is 1. The van der Waals surface area contributed by atoms with Crippen LogP contribution in [0.3, 0.4) is 0 Å². The fourth-order valence-electron chi connectivity index (χ4n) is 3.24. The Morgan fingerprint density at radius 3 is 2.32 bits per heavy atom. The fourth-order valence-corrected chi connectivity index (χ4v) is 3.68. The number of nitrogens with one attached hydrogen (secondary N) is 1. The molecule has 1 N–H and O–H groups in total.